The minimum absolute atomic E-state index is 0.0657. The highest BCUT2D eigenvalue weighted by Gasteiger charge is 2.30. The summed E-state index contributed by atoms with van der Waals surface area (Å²) in [7, 11) is -3.68. The van der Waals surface area contributed by atoms with E-state index in [1.165, 1.54) is 16.4 Å². The van der Waals surface area contributed by atoms with Crippen LogP contribution in [0.25, 0.3) is 0 Å². The van der Waals surface area contributed by atoms with Crippen molar-refractivity contribution in [3.05, 3.63) is 42.2 Å². The molecule has 0 bridgehead atoms. The smallest absolute Gasteiger partial charge is 0.291 e. The van der Waals surface area contributed by atoms with Gasteiger partial charge in [0.05, 0.1) is 12.3 Å². The van der Waals surface area contributed by atoms with Crippen LogP contribution in [-0.4, -0.2) is 38.3 Å². The van der Waals surface area contributed by atoms with Gasteiger partial charge >= 0.3 is 0 Å². The zero-order valence-corrected chi connectivity index (χ0v) is 14.7. The highest BCUT2D eigenvalue weighted by molar-refractivity contribution is 7.89. The maximum atomic E-state index is 12.4. The average molecular weight is 364 g/mol. The predicted molar refractivity (Wildman–Crippen MR) is 92.3 cm³/mol. The third-order valence-corrected chi connectivity index (χ3v) is 5.67. The molecule has 1 aromatic carbocycles. The van der Waals surface area contributed by atoms with Crippen LogP contribution in [0, 0.1) is 0 Å². The number of furan rings is 1. The van der Waals surface area contributed by atoms with Crippen LogP contribution >= 0.6 is 0 Å². The zero-order chi connectivity index (χ0) is 17.9. The van der Waals surface area contributed by atoms with Crippen LogP contribution in [0.15, 0.2) is 45.9 Å². The molecule has 3 rings (SSSR count). The normalized spacial score (nSPS) is 15.2. The van der Waals surface area contributed by atoms with Crippen LogP contribution in [0.2, 0.25) is 0 Å². The molecule has 1 aliphatic rings. The monoisotopic (exact) mass is 364 g/mol. The molecule has 1 saturated heterocycles. The second-order valence-corrected chi connectivity index (χ2v) is 7.48. The molecule has 25 heavy (non-hydrogen) atoms. The number of rotatable bonds is 6. The minimum Gasteiger partial charge on any atom is -0.492 e. The molecular weight excluding hydrogens is 344 g/mol. The number of para-hydroxylation sites is 2. The molecule has 1 N–H and O–H groups in total. The van der Waals surface area contributed by atoms with Gasteiger partial charge in [-0.1, -0.05) is 12.1 Å². The molecule has 0 aliphatic carbocycles. The molecular formula is C17H20N2O5S. The fourth-order valence-electron chi connectivity index (χ4n) is 2.67. The van der Waals surface area contributed by atoms with Crippen LogP contribution in [0.3, 0.4) is 0 Å². The lowest BCUT2D eigenvalue weighted by atomic mass is 10.3. The Labute approximate surface area is 146 Å². The number of anilines is 1. The third kappa shape index (κ3) is 3.69. The van der Waals surface area contributed by atoms with Crippen LogP contribution in [0.1, 0.15) is 30.3 Å². The van der Waals surface area contributed by atoms with E-state index >= 15 is 0 Å². The van der Waals surface area contributed by atoms with E-state index in [9.17, 15) is 13.2 Å². The summed E-state index contributed by atoms with van der Waals surface area (Å²) in [6.07, 6.45) is 1.67. The van der Waals surface area contributed by atoms with Crippen molar-refractivity contribution in [1.82, 2.24) is 4.31 Å². The molecule has 0 unspecified atom stereocenters. The van der Waals surface area contributed by atoms with Crippen molar-refractivity contribution in [2.75, 3.05) is 25.0 Å². The Hall–Kier alpha value is -2.32. The molecule has 1 aromatic heterocycles. The summed E-state index contributed by atoms with van der Waals surface area (Å²) < 4.78 is 37.0. The van der Waals surface area contributed by atoms with Crippen molar-refractivity contribution in [1.29, 1.82) is 0 Å². The SMILES string of the molecule is CCOc1ccccc1NC(=O)c1ccc(S(=O)(=O)N2CCCC2)o1. The fourth-order valence-corrected chi connectivity index (χ4v) is 4.10. The van der Waals surface area contributed by atoms with Crippen molar-refractivity contribution in [2.45, 2.75) is 24.9 Å². The van der Waals surface area contributed by atoms with Crippen LogP contribution in [0.4, 0.5) is 5.69 Å². The van der Waals surface area contributed by atoms with Gasteiger partial charge in [0.15, 0.2) is 5.76 Å². The van der Waals surface area contributed by atoms with Gasteiger partial charge in [0, 0.05) is 13.1 Å². The summed E-state index contributed by atoms with van der Waals surface area (Å²) in [6.45, 7) is 3.27. The van der Waals surface area contributed by atoms with Crippen LogP contribution in [-0.2, 0) is 10.0 Å². The second kappa shape index (κ2) is 7.28. The van der Waals surface area contributed by atoms with Gasteiger partial charge in [0.1, 0.15) is 5.75 Å². The van der Waals surface area contributed by atoms with Gasteiger partial charge in [-0.15, -0.1) is 0 Å². The number of carbonyl (C=O) groups excluding carboxylic acids is 1. The lowest BCUT2D eigenvalue weighted by molar-refractivity contribution is 0.0991. The summed E-state index contributed by atoms with van der Waals surface area (Å²) in [6, 6.07) is 9.69. The molecule has 134 valence electrons. The molecule has 2 aromatic rings. The van der Waals surface area contributed by atoms with Crippen molar-refractivity contribution >= 4 is 21.6 Å². The van der Waals surface area contributed by atoms with Gasteiger partial charge in [-0.3, -0.25) is 4.79 Å². The van der Waals surface area contributed by atoms with E-state index in [1.807, 2.05) is 6.92 Å². The third-order valence-electron chi connectivity index (χ3n) is 3.90. The van der Waals surface area contributed by atoms with Crippen LogP contribution < -0.4 is 10.1 Å². The van der Waals surface area contributed by atoms with E-state index in [0.29, 0.717) is 31.1 Å². The molecule has 0 spiro atoms. The number of hydrogen-bond donors (Lipinski definition) is 1. The first-order valence-corrected chi connectivity index (χ1v) is 9.59. The number of carbonyl (C=O) groups is 1. The Morgan fingerprint density at radius 2 is 1.92 bits per heavy atom. The van der Waals surface area contributed by atoms with Crippen LogP contribution in [0.5, 0.6) is 5.75 Å². The Morgan fingerprint density at radius 3 is 2.64 bits per heavy atom. The molecule has 2 heterocycles. The number of ether oxygens (including phenoxy) is 1. The molecule has 1 aliphatic heterocycles. The van der Waals surface area contributed by atoms with Crippen molar-refractivity contribution < 1.29 is 22.4 Å². The predicted octanol–water partition coefficient (Wildman–Crippen LogP) is 2.72. The molecule has 8 heteroatoms. The molecule has 0 saturated carbocycles. The van der Waals surface area contributed by atoms with Gasteiger partial charge in [0.25, 0.3) is 15.9 Å². The summed E-state index contributed by atoms with van der Waals surface area (Å²) in [5.41, 5.74) is 0.495. The molecule has 7 nitrogen and oxygen atoms in total. The first-order valence-electron chi connectivity index (χ1n) is 8.15. The summed E-state index contributed by atoms with van der Waals surface area (Å²) in [4.78, 5) is 12.4. The molecule has 1 fully saturated rings. The number of sulfonamides is 1. The summed E-state index contributed by atoms with van der Waals surface area (Å²) in [5, 5.41) is 2.47. The maximum Gasteiger partial charge on any atom is 0.291 e. The summed E-state index contributed by atoms with van der Waals surface area (Å²) in [5.74, 6) is -0.0612. The first-order chi connectivity index (χ1) is 12.0. The lowest BCUT2D eigenvalue weighted by Crippen LogP contribution is -2.27. The van der Waals surface area contributed by atoms with Crippen molar-refractivity contribution in [3.8, 4) is 5.75 Å². The number of amides is 1. The van der Waals surface area contributed by atoms with Gasteiger partial charge in [0.2, 0.25) is 5.09 Å². The summed E-state index contributed by atoms with van der Waals surface area (Å²) >= 11 is 0. The van der Waals surface area contributed by atoms with E-state index in [-0.39, 0.29) is 10.9 Å². The molecule has 0 radical (unpaired) electrons. The number of nitrogens with zero attached hydrogens (tertiary/aromatic N) is 1. The maximum absolute atomic E-state index is 12.4. The van der Waals surface area contributed by atoms with E-state index in [2.05, 4.69) is 5.32 Å². The van der Waals surface area contributed by atoms with E-state index < -0.39 is 15.9 Å². The first kappa shape index (κ1) is 17.5. The standard InChI is InChI=1S/C17H20N2O5S/c1-2-23-14-8-4-3-7-13(14)18-17(20)15-9-10-16(24-15)25(21,22)19-11-5-6-12-19/h3-4,7-10H,2,5-6,11-12H2,1H3,(H,18,20). The molecule has 1 amide bonds. The minimum atomic E-state index is -3.68. The van der Waals surface area contributed by atoms with Crippen molar-refractivity contribution in [2.24, 2.45) is 0 Å². The topological polar surface area (TPSA) is 88.8 Å². The Balaban J connectivity index is 1.77. The Morgan fingerprint density at radius 1 is 1.20 bits per heavy atom. The van der Waals surface area contributed by atoms with Gasteiger partial charge < -0.3 is 14.5 Å². The average Bonchev–Trinajstić information content (AvgIpc) is 3.29. The van der Waals surface area contributed by atoms with Gasteiger partial charge in [-0.05, 0) is 44.0 Å². The molecule has 0 atom stereocenters. The second-order valence-electron chi connectivity index (χ2n) is 5.61. The van der Waals surface area contributed by atoms with Crippen molar-refractivity contribution in [3.63, 3.8) is 0 Å². The Bertz CT molecular complexity index is 853. The number of benzene rings is 1. The number of nitrogens with one attached hydrogen (secondary N) is 1. The van der Waals surface area contributed by atoms with E-state index in [0.717, 1.165) is 12.8 Å². The van der Waals surface area contributed by atoms with E-state index in [4.69, 9.17) is 9.15 Å². The highest BCUT2D eigenvalue weighted by atomic mass is 32.2. The fraction of sp³-hybridized carbons (Fsp3) is 0.353. The zero-order valence-electron chi connectivity index (χ0n) is 13.9. The quantitative estimate of drug-likeness (QED) is 0.851. The Kier molecular flexibility index (Phi) is 5.10. The number of hydrogen-bond acceptors (Lipinski definition) is 5. The largest absolute Gasteiger partial charge is 0.492 e. The van der Waals surface area contributed by atoms with E-state index in [1.54, 1.807) is 24.3 Å². The highest BCUT2D eigenvalue weighted by Crippen LogP contribution is 2.26. The lowest BCUT2D eigenvalue weighted by Gasteiger charge is -2.13. The van der Waals surface area contributed by atoms with Gasteiger partial charge in [-0.2, -0.15) is 4.31 Å². The van der Waals surface area contributed by atoms with Gasteiger partial charge in [-0.25, -0.2) is 8.42 Å².